The molecule has 0 bridgehead atoms. The van der Waals surface area contributed by atoms with Crippen LogP contribution in [0, 0.1) is 5.92 Å². The summed E-state index contributed by atoms with van der Waals surface area (Å²) in [6, 6.07) is 0. The molecule has 1 unspecified atom stereocenters. The maximum Gasteiger partial charge on any atom is 0.306 e. The van der Waals surface area contributed by atoms with E-state index in [1.54, 1.807) is 0 Å². The summed E-state index contributed by atoms with van der Waals surface area (Å²) in [5.74, 6) is -0.158. The maximum atomic E-state index is 11.8. The largest absolute Gasteiger partial charge is 0.462 e. The Labute approximate surface area is 167 Å². The normalized spacial score (nSPS) is 12.5. The molecule has 0 amide bonds. The monoisotopic (exact) mass is 382 g/mol. The van der Waals surface area contributed by atoms with Crippen molar-refractivity contribution in [3.8, 4) is 0 Å². The van der Waals surface area contributed by atoms with Gasteiger partial charge < -0.3 is 9.47 Å². The fraction of sp³-hybridized carbons (Fsp3) is 0.826. The van der Waals surface area contributed by atoms with E-state index >= 15 is 0 Å². The number of carbonyl (C=O) groups is 2. The van der Waals surface area contributed by atoms with Crippen molar-refractivity contribution in [2.45, 2.75) is 111 Å². The molecule has 0 fully saturated rings. The Kier molecular flexibility index (Phi) is 17.2. The van der Waals surface area contributed by atoms with Crippen LogP contribution in [0.3, 0.4) is 0 Å². The van der Waals surface area contributed by atoms with E-state index in [9.17, 15) is 9.59 Å². The summed E-state index contributed by atoms with van der Waals surface area (Å²) in [7, 11) is 0. The first kappa shape index (κ1) is 25.7. The van der Waals surface area contributed by atoms with Crippen molar-refractivity contribution in [2.75, 3.05) is 6.61 Å². The van der Waals surface area contributed by atoms with Gasteiger partial charge in [-0.3, -0.25) is 9.59 Å². The van der Waals surface area contributed by atoms with Gasteiger partial charge in [0.15, 0.2) is 0 Å². The second-order valence-corrected chi connectivity index (χ2v) is 7.60. The molecule has 0 aliphatic rings. The van der Waals surface area contributed by atoms with Crippen molar-refractivity contribution in [3.05, 3.63) is 12.2 Å². The van der Waals surface area contributed by atoms with Crippen LogP contribution in [0.2, 0.25) is 0 Å². The number of hydrogen-bond donors (Lipinski definition) is 0. The quantitative estimate of drug-likeness (QED) is 0.166. The third-order valence-electron chi connectivity index (χ3n) is 4.67. The molecule has 4 heteroatoms. The Balaban J connectivity index is 3.57. The molecule has 158 valence electrons. The predicted octanol–water partition coefficient (Wildman–Crippen LogP) is 6.37. The van der Waals surface area contributed by atoms with Gasteiger partial charge in [-0.15, -0.1) is 0 Å². The van der Waals surface area contributed by atoms with Crippen LogP contribution < -0.4 is 0 Å². The molecule has 0 spiro atoms. The van der Waals surface area contributed by atoms with Gasteiger partial charge in [-0.25, -0.2) is 0 Å². The number of rotatable bonds is 17. The van der Waals surface area contributed by atoms with Crippen LogP contribution in [0.1, 0.15) is 105 Å². The zero-order chi connectivity index (χ0) is 20.3. The van der Waals surface area contributed by atoms with Crippen LogP contribution in [0.25, 0.3) is 0 Å². The van der Waals surface area contributed by atoms with Crippen LogP contribution in [0.5, 0.6) is 0 Å². The standard InChI is InChI=1S/C23H42O4/c1-5-7-8-9-10-11-12-13-14-15-19-26-22(24)17-16-18-23(25)27-21(6-2)20(3)4/h14-15,20-21H,5-13,16-19H2,1-4H3/b15-14+. The van der Waals surface area contributed by atoms with Gasteiger partial charge in [-0.1, -0.05) is 78.4 Å². The van der Waals surface area contributed by atoms with Crippen molar-refractivity contribution in [1.29, 1.82) is 0 Å². The van der Waals surface area contributed by atoms with Gasteiger partial charge >= 0.3 is 11.9 Å². The van der Waals surface area contributed by atoms with E-state index in [1.165, 1.54) is 44.9 Å². The molecule has 0 aliphatic heterocycles. The molecule has 0 rings (SSSR count). The van der Waals surface area contributed by atoms with Crippen molar-refractivity contribution < 1.29 is 19.1 Å². The maximum absolute atomic E-state index is 11.8. The third kappa shape index (κ3) is 16.6. The molecular formula is C23H42O4. The Morgan fingerprint density at radius 3 is 2.07 bits per heavy atom. The number of ether oxygens (including phenoxy) is 2. The second kappa shape index (κ2) is 18.1. The minimum absolute atomic E-state index is 0.0362. The highest BCUT2D eigenvalue weighted by atomic mass is 16.5. The Morgan fingerprint density at radius 1 is 0.815 bits per heavy atom. The lowest BCUT2D eigenvalue weighted by Crippen LogP contribution is -2.22. The van der Waals surface area contributed by atoms with E-state index in [0.29, 0.717) is 18.9 Å². The lowest BCUT2D eigenvalue weighted by Gasteiger charge is -2.19. The van der Waals surface area contributed by atoms with Crippen molar-refractivity contribution in [3.63, 3.8) is 0 Å². The van der Waals surface area contributed by atoms with Crippen molar-refractivity contribution in [1.82, 2.24) is 0 Å². The second-order valence-electron chi connectivity index (χ2n) is 7.60. The highest BCUT2D eigenvalue weighted by molar-refractivity contribution is 5.72. The summed E-state index contributed by atoms with van der Waals surface area (Å²) < 4.78 is 10.6. The molecular weight excluding hydrogens is 340 g/mol. The predicted molar refractivity (Wildman–Crippen MR) is 112 cm³/mol. The van der Waals surface area contributed by atoms with E-state index in [-0.39, 0.29) is 30.9 Å². The first-order valence-electron chi connectivity index (χ1n) is 11.0. The third-order valence-corrected chi connectivity index (χ3v) is 4.67. The number of carbonyl (C=O) groups excluding carboxylic acids is 2. The van der Waals surface area contributed by atoms with Crippen LogP contribution in [0.4, 0.5) is 0 Å². The van der Waals surface area contributed by atoms with Gasteiger partial charge in [0, 0.05) is 12.8 Å². The first-order chi connectivity index (χ1) is 13.0. The molecule has 0 saturated heterocycles. The summed E-state index contributed by atoms with van der Waals surface area (Å²) in [4.78, 5) is 23.4. The highest BCUT2D eigenvalue weighted by Gasteiger charge is 2.16. The molecule has 1 atom stereocenters. The molecule has 0 aromatic rings. The van der Waals surface area contributed by atoms with E-state index in [2.05, 4.69) is 13.0 Å². The summed E-state index contributed by atoms with van der Waals surface area (Å²) >= 11 is 0. The van der Waals surface area contributed by atoms with Gasteiger partial charge in [0.1, 0.15) is 12.7 Å². The first-order valence-corrected chi connectivity index (χ1v) is 11.0. The summed E-state index contributed by atoms with van der Waals surface area (Å²) in [5.41, 5.74) is 0. The SMILES string of the molecule is CCCCCCCCC/C=C/COC(=O)CCCC(=O)OC(CC)C(C)C. The highest BCUT2D eigenvalue weighted by Crippen LogP contribution is 2.12. The van der Waals surface area contributed by atoms with Gasteiger partial charge in [0.05, 0.1) is 0 Å². The van der Waals surface area contributed by atoms with Crippen LogP contribution >= 0.6 is 0 Å². The van der Waals surface area contributed by atoms with Gasteiger partial charge in [0.25, 0.3) is 0 Å². The molecule has 0 radical (unpaired) electrons. The van der Waals surface area contributed by atoms with Crippen LogP contribution in [0.15, 0.2) is 12.2 Å². The number of unbranched alkanes of at least 4 members (excludes halogenated alkanes) is 7. The molecule has 0 aromatic heterocycles. The summed E-state index contributed by atoms with van der Waals surface area (Å²) in [6.07, 6.45) is 16.0. The Morgan fingerprint density at radius 2 is 1.44 bits per heavy atom. The Bertz CT molecular complexity index is 401. The van der Waals surface area contributed by atoms with E-state index in [1.807, 2.05) is 26.8 Å². The molecule has 4 nitrogen and oxygen atoms in total. The van der Waals surface area contributed by atoms with Crippen molar-refractivity contribution in [2.24, 2.45) is 5.92 Å². The minimum atomic E-state index is -0.251. The Hall–Kier alpha value is -1.32. The van der Waals surface area contributed by atoms with Gasteiger partial charge in [-0.05, 0) is 31.6 Å². The van der Waals surface area contributed by atoms with E-state index in [0.717, 1.165) is 12.8 Å². The number of hydrogen-bond acceptors (Lipinski definition) is 4. The molecule has 0 aliphatic carbocycles. The summed E-state index contributed by atoms with van der Waals surface area (Å²) in [6.45, 7) is 8.66. The molecule has 0 saturated carbocycles. The van der Waals surface area contributed by atoms with Crippen LogP contribution in [-0.4, -0.2) is 24.6 Å². The van der Waals surface area contributed by atoms with Gasteiger partial charge in [-0.2, -0.15) is 0 Å². The van der Waals surface area contributed by atoms with Crippen molar-refractivity contribution >= 4 is 11.9 Å². The minimum Gasteiger partial charge on any atom is -0.462 e. The lowest BCUT2D eigenvalue weighted by atomic mass is 10.1. The van der Waals surface area contributed by atoms with Crippen LogP contribution in [-0.2, 0) is 19.1 Å². The van der Waals surface area contributed by atoms with Gasteiger partial charge in [0.2, 0.25) is 0 Å². The average molecular weight is 383 g/mol. The zero-order valence-corrected chi connectivity index (χ0v) is 18.1. The number of allylic oxidation sites excluding steroid dienone is 1. The lowest BCUT2D eigenvalue weighted by molar-refractivity contribution is -0.151. The topological polar surface area (TPSA) is 52.6 Å². The average Bonchev–Trinajstić information content (AvgIpc) is 2.63. The van der Waals surface area contributed by atoms with E-state index < -0.39 is 0 Å². The smallest absolute Gasteiger partial charge is 0.306 e. The molecule has 27 heavy (non-hydrogen) atoms. The molecule has 0 N–H and O–H groups in total. The number of esters is 2. The molecule has 0 aromatic carbocycles. The fourth-order valence-corrected chi connectivity index (χ4v) is 2.91. The molecule has 0 heterocycles. The van der Waals surface area contributed by atoms with E-state index in [4.69, 9.17) is 9.47 Å². The zero-order valence-electron chi connectivity index (χ0n) is 18.1. The fourth-order valence-electron chi connectivity index (χ4n) is 2.91. The summed E-state index contributed by atoms with van der Waals surface area (Å²) in [5, 5.41) is 0.